The van der Waals surface area contributed by atoms with Gasteiger partial charge in [0.05, 0.1) is 5.69 Å². The molecule has 0 aliphatic rings. The second-order valence-electron chi connectivity index (χ2n) is 3.89. The zero-order valence-electron chi connectivity index (χ0n) is 9.49. The van der Waals surface area contributed by atoms with Gasteiger partial charge in [-0.3, -0.25) is 4.68 Å². The van der Waals surface area contributed by atoms with Crippen LogP contribution in [-0.4, -0.2) is 41.4 Å². The molecule has 0 radical (unpaired) electrons. The summed E-state index contributed by atoms with van der Waals surface area (Å²) in [7, 11) is 6.15. The second kappa shape index (κ2) is 5.12. The first-order valence-electron chi connectivity index (χ1n) is 4.95. The van der Waals surface area contributed by atoms with E-state index in [1.54, 1.807) is 0 Å². The van der Waals surface area contributed by atoms with E-state index >= 15 is 0 Å². The van der Waals surface area contributed by atoms with Crippen molar-refractivity contribution in [1.29, 1.82) is 0 Å². The van der Waals surface area contributed by atoms with Gasteiger partial charge in [0.25, 0.3) is 0 Å². The second-order valence-corrected chi connectivity index (χ2v) is 3.89. The Hall–Kier alpha value is -0.870. The van der Waals surface area contributed by atoms with Crippen LogP contribution in [0.4, 0.5) is 0 Å². The standard InChI is InChI=1S/C10H20N4/c1-9(13(2)3)7-11-8-10-5-6-12-14(10)4/h5-6,9,11H,7-8H2,1-4H3. The minimum absolute atomic E-state index is 0.559. The Labute approximate surface area is 85.9 Å². The Morgan fingerprint density at radius 2 is 2.29 bits per heavy atom. The number of rotatable bonds is 5. The van der Waals surface area contributed by atoms with Crippen molar-refractivity contribution in [2.24, 2.45) is 7.05 Å². The first-order chi connectivity index (χ1) is 6.61. The predicted octanol–water partition coefficient (Wildman–Crippen LogP) is 0.460. The van der Waals surface area contributed by atoms with Gasteiger partial charge in [-0.1, -0.05) is 0 Å². The number of hydrogen-bond donors (Lipinski definition) is 1. The fourth-order valence-electron chi connectivity index (χ4n) is 1.17. The highest BCUT2D eigenvalue weighted by Crippen LogP contribution is 1.95. The van der Waals surface area contributed by atoms with Crippen LogP contribution >= 0.6 is 0 Å². The summed E-state index contributed by atoms with van der Waals surface area (Å²) in [5, 5.41) is 7.52. The topological polar surface area (TPSA) is 33.1 Å². The van der Waals surface area contributed by atoms with Crippen LogP contribution in [-0.2, 0) is 13.6 Å². The molecule has 4 nitrogen and oxygen atoms in total. The van der Waals surface area contributed by atoms with E-state index in [0.29, 0.717) is 6.04 Å². The van der Waals surface area contributed by atoms with Crippen LogP contribution in [0.2, 0.25) is 0 Å². The van der Waals surface area contributed by atoms with E-state index in [4.69, 9.17) is 0 Å². The minimum Gasteiger partial charge on any atom is -0.310 e. The summed E-state index contributed by atoms with van der Waals surface area (Å²) in [6.07, 6.45) is 1.83. The number of aromatic nitrogens is 2. The Morgan fingerprint density at radius 3 is 2.79 bits per heavy atom. The molecular weight excluding hydrogens is 176 g/mol. The van der Waals surface area contributed by atoms with Crippen LogP contribution in [0.15, 0.2) is 12.3 Å². The Morgan fingerprint density at radius 1 is 1.57 bits per heavy atom. The zero-order chi connectivity index (χ0) is 10.6. The van der Waals surface area contributed by atoms with Gasteiger partial charge in [-0.25, -0.2) is 0 Å². The normalized spacial score (nSPS) is 13.5. The molecule has 1 atom stereocenters. The monoisotopic (exact) mass is 196 g/mol. The van der Waals surface area contributed by atoms with Gasteiger partial charge in [0.15, 0.2) is 0 Å². The molecule has 80 valence electrons. The number of hydrogen-bond acceptors (Lipinski definition) is 3. The molecule has 0 saturated heterocycles. The smallest absolute Gasteiger partial charge is 0.0518 e. The fourth-order valence-corrected chi connectivity index (χ4v) is 1.17. The highest BCUT2D eigenvalue weighted by molar-refractivity contribution is 4.99. The molecular formula is C10H20N4. The van der Waals surface area contributed by atoms with Crippen LogP contribution in [0.5, 0.6) is 0 Å². The van der Waals surface area contributed by atoms with Crippen molar-refractivity contribution in [2.75, 3.05) is 20.6 Å². The van der Waals surface area contributed by atoms with Crippen molar-refractivity contribution in [3.63, 3.8) is 0 Å². The predicted molar refractivity (Wildman–Crippen MR) is 58.1 cm³/mol. The molecule has 14 heavy (non-hydrogen) atoms. The molecule has 1 rings (SSSR count). The third kappa shape index (κ3) is 3.12. The van der Waals surface area contributed by atoms with Gasteiger partial charge in [0, 0.05) is 32.4 Å². The van der Waals surface area contributed by atoms with Gasteiger partial charge >= 0.3 is 0 Å². The van der Waals surface area contributed by atoms with Crippen LogP contribution in [0.3, 0.4) is 0 Å². The molecule has 0 amide bonds. The summed E-state index contributed by atoms with van der Waals surface area (Å²) in [5.41, 5.74) is 1.22. The van der Waals surface area contributed by atoms with Crippen molar-refractivity contribution >= 4 is 0 Å². The largest absolute Gasteiger partial charge is 0.310 e. The highest BCUT2D eigenvalue weighted by atomic mass is 15.3. The van der Waals surface area contributed by atoms with E-state index in [1.165, 1.54) is 5.69 Å². The molecule has 1 N–H and O–H groups in total. The lowest BCUT2D eigenvalue weighted by Gasteiger charge is -2.19. The Kier molecular flexibility index (Phi) is 4.10. The quantitative estimate of drug-likeness (QED) is 0.742. The van der Waals surface area contributed by atoms with Gasteiger partial charge in [-0.05, 0) is 27.1 Å². The summed E-state index contributed by atoms with van der Waals surface area (Å²) in [4.78, 5) is 2.20. The Balaban J connectivity index is 2.25. The first-order valence-corrected chi connectivity index (χ1v) is 4.95. The third-order valence-electron chi connectivity index (χ3n) is 2.55. The summed E-state index contributed by atoms with van der Waals surface area (Å²) in [6.45, 7) is 4.09. The lowest BCUT2D eigenvalue weighted by Crippen LogP contribution is -2.35. The highest BCUT2D eigenvalue weighted by Gasteiger charge is 2.04. The SMILES string of the molecule is CC(CNCc1ccnn1C)N(C)C. The van der Waals surface area contributed by atoms with Crippen LogP contribution in [0, 0.1) is 0 Å². The van der Waals surface area contributed by atoms with Crippen molar-refractivity contribution in [2.45, 2.75) is 19.5 Å². The maximum Gasteiger partial charge on any atom is 0.0518 e. The van der Waals surface area contributed by atoms with E-state index < -0.39 is 0 Å². The first kappa shape index (κ1) is 11.2. The molecule has 0 aliphatic heterocycles. The average Bonchev–Trinajstić information content (AvgIpc) is 2.51. The van der Waals surface area contributed by atoms with Crippen molar-refractivity contribution in [1.82, 2.24) is 20.0 Å². The van der Waals surface area contributed by atoms with Gasteiger partial charge in [-0.2, -0.15) is 5.10 Å². The summed E-state index contributed by atoms with van der Waals surface area (Å²) in [5.74, 6) is 0. The number of aryl methyl sites for hydroxylation is 1. The van der Waals surface area contributed by atoms with Crippen molar-refractivity contribution in [3.8, 4) is 0 Å². The fraction of sp³-hybridized carbons (Fsp3) is 0.700. The molecule has 1 unspecified atom stereocenters. The molecule has 0 fully saturated rings. The van der Waals surface area contributed by atoms with Gasteiger partial charge in [0.1, 0.15) is 0 Å². The number of nitrogens with zero attached hydrogens (tertiary/aromatic N) is 3. The van der Waals surface area contributed by atoms with Crippen LogP contribution in [0.1, 0.15) is 12.6 Å². The van der Waals surface area contributed by atoms with Crippen LogP contribution < -0.4 is 5.32 Å². The minimum atomic E-state index is 0.559. The van der Waals surface area contributed by atoms with E-state index in [2.05, 4.69) is 36.3 Å². The number of nitrogens with one attached hydrogen (secondary N) is 1. The van der Waals surface area contributed by atoms with E-state index in [0.717, 1.165) is 13.1 Å². The average molecular weight is 196 g/mol. The van der Waals surface area contributed by atoms with Crippen LogP contribution in [0.25, 0.3) is 0 Å². The molecule has 0 bridgehead atoms. The van der Waals surface area contributed by atoms with Crippen molar-refractivity contribution < 1.29 is 0 Å². The van der Waals surface area contributed by atoms with Gasteiger partial charge in [0.2, 0.25) is 0 Å². The molecule has 0 saturated carbocycles. The molecule has 0 aromatic carbocycles. The number of likely N-dealkylation sites (N-methyl/N-ethyl adjacent to an activating group) is 1. The maximum absolute atomic E-state index is 4.12. The summed E-state index contributed by atoms with van der Waals surface area (Å²) >= 11 is 0. The summed E-state index contributed by atoms with van der Waals surface area (Å²) in [6, 6.07) is 2.59. The van der Waals surface area contributed by atoms with Crippen molar-refractivity contribution in [3.05, 3.63) is 18.0 Å². The van der Waals surface area contributed by atoms with E-state index in [1.807, 2.05) is 24.0 Å². The lowest BCUT2D eigenvalue weighted by molar-refractivity contribution is 0.302. The molecule has 4 heteroatoms. The van der Waals surface area contributed by atoms with E-state index in [9.17, 15) is 0 Å². The lowest BCUT2D eigenvalue weighted by atomic mass is 10.3. The van der Waals surface area contributed by atoms with Gasteiger partial charge < -0.3 is 10.2 Å². The van der Waals surface area contributed by atoms with Gasteiger partial charge in [-0.15, -0.1) is 0 Å². The molecule has 1 aromatic heterocycles. The molecule has 0 aliphatic carbocycles. The van der Waals surface area contributed by atoms with E-state index in [-0.39, 0.29) is 0 Å². The third-order valence-corrected chi connectivity index (χ3v) is 2.55. The molecule has 1 heterocycles. The Bertz CT molecular complexity index is 267. The maximum atomic E-state index is 4.12. The summed E-state index contributed by atoms with van der Waals surface area (Å²) < 4.78 is 1.90. The molecule has 1 aromatic rings. The zero-order valence-corrected chi connectivity index (χ0v) is 9.49. The molecule has 0 spiro atoms.